The molecule has 0 fully saturated rings. The van der Waals surface area contributed by atoms with Gasteiger partial charge in [-0.25, -0.2) is 4.98 Å². The summed E-state index contributed by atoms with van der Waals surface area (Å²) < 4.78 is 12.5. The van der Waals surface area contributed by atoms with Crippen molar-refractivity contribution in [3.8, 4) is 11.5 Å². The second kappa shape index (κ2) is 6.98. The Morgan fingerprint density at radius 3 is 2.40 bits per heavy atom. The molecule has 20 heavy (non-hydrogen) atoms. The van der Waals surface area contributed by atoms with E-state index in [1.165, 1.54) is 0 Å². The lowest BCUT2D eigenvalue weighted by atomic mass is 10.3. The van der Waals surface area contributed by atoms with Gasteiger partial charge >= 0.3 is 0 Å². The van der Waals surface area contributed by atoms with E-state index in [0.29, 0.717) is 22.5 Å². The molecule has 0 bridgehead atoms. The molecule has 0 spiro atoms. The molecule has 0 saturated heterocycles. The fraction of sp³-hybridized carbons (Fsp3) is 0.154. The zero-order valence-electron chi connectivity index (χ0n) is 10.3. The summed E-state index contributed by atoms with van der Waals surface area (Å²) in [5.41, 5.74) is 0.759. The number of nitrogens with zero attached hydrogens (tertiary/aromatic N) is 1. The minimum atomic E-state index is 0.292. The molecule has 0 atom stereocenters. The smallest absolute Gasteiger partial charge is 0.135 e. The first kappa shape index (κ1) is 15.9. The molecule has 106 valence electrons. The quantitative estimate of drug-likeness (QED) is 0.587. The molecule has 0 aliphatic rings. The van der Waals surface area contributed by atoms with Gasteiger partial charge in [0.2, 0.25) is 0 Å². The van der Waals surface area contributed by atoms with E-state index in [2.05, 4.69) is 36.8 Å². The Hall–Kier alpha value is -0.490. The molecule has 1 heterocycles. The molecule has 1 aromatic heterocycles. The Kier molecular flexibility index (Phi) is 5.55. The number of rotatable bonds is 4. The third-order valence-corrected chi connectivity index (χ3v) is 4.28. The fourth-order valence-corrected chi connectivity index (χ4v) is 2.82. The van der Waals surface area contributed by atoms with Crippen molar-refractivity contribution in [2.45, 2.75) is 6.61 Å². The van der Waals surface area contributed by atoms with Crippen molar-refractivity contribution in [2.75, 3.05) is 7.11 Å². The molecule has 2 aromatic rings. The largest absolute Gasteiger partial charge is 0.496 e. The van der Waals surface area contributed by atoms with Gasteiger partial charge in [-0.3, -0.25) is 0 Å². The van der Waals surface area contributed by atoms with E-state index in [9.17, 15) is 0 Å². The summed E-state index contributed by atoms with van der Waals surface area (Å²) in [6.45, 7) is 0.292. The first-order valence-corrected chi connectivity index (χ1v) is 7.81. The van der Waals surface area contributed by atoms with Crippen LogP contribution in [-0.4, -0.2) is 12.1 Å². The summed E-state index contributed by atoms with van der Waals surface area (Å²) in [6.07, 6.45) is 1.59. The van der Waals surface area contributed by atoms with Crippen LogP contribution in [0.4, 0.5) is 0 Å². The number of ether oxygens (including phenoxy) is 2. The van der Waals surface area contributed by atoms with Crippen LogP contribution in [0.5, 0.6) is 11.5 Å². The Bertz CT molecular complexity index is 638. The minimum absolute atomic E-state index is 0.292. The SMILES string of the molecule is COc1cc(Br)c(OCc2cnc(Cl)cc2Cl)cc1Br. The van der Waals surface area contributed by atoms with Gasteiger partial charge < -0.3 is 9.47 Å². The third kappa shape index (κ3) is 3.79. The number of hydrogen-bond donors (Lipinski definition) is 0. The highest BCUT2D eigenvalue weighted by atomic mass is 79.9. The molecule has 0 amide bonds. The van der Waals surface area contributed by atoms with Crippen LogP contribution in [0, 0.1) is 0 Å². The molecule has 0 aliphatic heterocycles. The van der Waals surface area contributed by atoms with Gasteiger partial charge in [0.25, 0.3) is 0 Å². The Morgan fingerprint density at radius 1 is 1.10 bits per heavy atom. The lowest BCUT2D eigenvalue weighted by Gasteiger charge is -2.12. The fourth-order valence-electron chi connectivity index (χ4n) is 1.47. The predicted octanol–water partition coefficient (Wildman–Crippen LogP) is 5.50. The Labute approximate surface area is 143 Å². The molecule has 7 heteroatoms. The average Bonchev–Trinajstić information content (AvgIpc) is 2.41. The molecular weight excluding hydrogens is 433 g/mol. The van der Waals surface area contributed by atoms with Gasteiger partial charge in [0.15, 0.2) is 0 Å². The maximum Gasteiger partial charge on any atom is 0.135 e. The summed E-state index contributed by atoms with van der Waals surface area (Å²) in [7, 11) is 1.60. The average molecular weight is 442 g/mol. The summed E-state index contributed by atoms with van der Waals surface area (Å²) in [5, 5.41) is 0.876. The Morgan fingerprint density at radius 2 is 1.75 bits per heavy atom. The van der Waals surface area contributed by atoms with E-state index in [1.54, 1.807) is 19.4 Å². The maximum absolute atomic E-state index is 6.07. The third-order valence-electron chi connectivity index (χ3n) is 2.49. The van der Waals surface area contributed by atoms with Crippen molar-refractivity contribution < 1.29 is 9.47 Å². The molecule has 0 unspecified atom stereocenters. The van der Waals surface area contributed by atoms with Crippen molar-refractivity contribution in [1.82, 2.24) is 4.98 Å². The normalized spacial score (nSPS) is 10.4. The van der Waals surface area contributed by atoms with E-state index < -0.39 is 0 Å². The molecule has 0 radical (unpaired) electrons. The number of aromatic nitrogens is 1. The van der Waals surface area contributed by atoms with Gasteiger partial charge in [0.1, 0.15) is 23.3 Å². The molecule has 0 aliphatic carbocycles. The van der Waals surface area contributed by atoms with Crippen LogP contribution in [0.1, 0.15) is 5.56 Å². The van der Waals surface area contributed by atoms with E-state index in [-0.39, 0.29) is 0 Å². The van der Waals surface area contributed by atoms with Crippen LogP contribution in [-0.2, 0) is 6.61 Å². The van der Waals surface area contributed by atoms with E-state index >= 15 is 0 Å². The zero-order chi connectivity index (χ0) is 14.7. The zero-order valence-corrected chi connectivity index (χ0v) is 15.0. The van der Waals surface area contributed by atoms with Gasteiger partial charge in [-0.2, -0.15) is 0 Å². The van der Waals surface area contributed by atoms with Gasteiger partial charge in [0, 0.05) is 11.8 Å². The number of methoxy groups -OCH3 is 1. The van der Waals surface area contributed by atoms with Crippen LogP contribution < -0.4 is 9.47 Å². The highest BCUT2D eigenvalue weighted by Crippen LogP contribution is 2.36. The first-order valence-electron chi connectivity index (χ1n) is 5.47. The summed E-state index contributed by atoms with van der Waals surface area (Å²) in [5.74, 6) is 1.39. The summed E-state index contributed by atoms with van der Waals surface area (Å²) in [4.78, 5) is 3.98. The number of hydrogen-bond acceptors (Lipinski definition) is 3. The van der Waals surface area contributed by atoms with Crippen molar-refractivity contribution >= 4 is 55.1 Å². The predicted molar refractivity (Wildman–Crippen MR) is 87.0 cm³/mol. The molecular formula is C13H9Br2Cl2NO2. The maximum atomic E-state index is 6.07. The highest BCUT2D eigenvalue weighted by Gasteiger charge is 2.10. The minimum Gasteiger partial charge on any atom is -0.496 e. The molecule has 1 aromatic carbocycles. The highest BCUT2D eigenvalue weighted by molar-refractivity contribution is 9.11. The van der Waals surface area contributed by atoms with Gasteiger partial charge in [-0.05, 0) is 50.1 Å². The molecule has 2 rings (SSSR count). The van der Waals surface area contributed by atoms with Crippen LogP contribution >= 0.6 is 55.1 Å². The van der Waals surface area contributed by atoms with E-state index in [0.717, 1.165) is 20.3 Å². The number of benzene rings is 1. The summed E-state index contributed by atoms with van der Waals surface area (Å²) in [6, 6.07) is 5.22. The topological polar surface area (TPSA) is 31.4 Å². The van der Waals surface area contributed by atoms with Crippen LogP contribution in [0.3, 0.4) is 0 Å². The van der Waals surface area contributed by atoms with Gasteiger partial charge in [-0.15, -0.1) is 0 Å². The second-order valence-corrected chi connectivity index (χ2v) is 6.31. The monoisotopic (exact) mass is 439 g/mol. The van der Waals surface area contributed by atoms with Crippen LogP contribution in [0.2, 0.25) is 10.2 Å². The second-order valence-electron chi connectivity index (χ2n) is 3.80. The summed E-state index contributed by atoms with van der Waals surface area (Å²) >= 11 is 18.7. The van der Waals surface area contributed by atoms with Gasteiger partial charge in [0.05, 0.1) is 21.1 Å². The van der Waals surface area contributed by atoms with Crippen LogP contribution in [0.25, 0.3) is 0 Å². The van der Waals surface area contributed by atoms with Crippen molar-refractivity contribution in [3.63, 3.8) is 0 Å². The van der Waals surface area contributed by atoms with Gasteiger partial charge in [-0.1, -0.05) is 23.2 Å². The van der Waals surface area contributed by atoms with Crippen molar-refractivity contribution in [1.29, 1.82) is 0 Å². The number of halogens is 4. The lowest BCUT2D eigenvalue weighted by Crippen LogP contribution is -1.98. The molecule has 3 nitrogen and oxygen atoms in total. The lowest BCUT2D eigenvalue weighted by molar-refractivity contribution is 0.302. The Balaban J connectivity index is 2.16. The van der Waals surface area contributed by atoms with Crippen molar-refractivity contribution in [2.24, 2.45) is 0 Å². The molecule has 0 saturated carbocycles. The van der Waals surface area contributed by atoms with Crippen LogP contribution in [0.15, 0.2) is 33.3 Å². The first-order chi connectivity index (χ1) is 9.51. The van der Waals surface area contributed by atoms with E-state index in [4.69, 9.17) is 32.7 Å². The number of pyridine rings is 1. The van der Waals surface area contributed by atoms with Crippen molar-refractivity contribution in [3.05, 3.63) is 49.1 Å². The molecule has 0 N–H and O–H groups in total. The van der Waals surface area contributed by atoms with E-state index in [1.807, 2.05) is 12.1 Å². The standard InChI is InChI=1S/C13H9Br2Cl2NO2/c1-19-11-2-9(15)12(3-8(11)14)20-6-7-5-18-13(17)4-10(7)16/h2-5H,6H2,1H3.